The average molecular weight is 1900 g/mol. The number of piperazine rings is 2. The Morgan fingerprint density at radius 1 is 0.420 bits per heavy atom. The van der Waals surface area contributed by atoms with E-state index in [0.29, 0.717) is 92.9 Å². The van der Waals surface area contributed by atoms with Crippen LogP contribution in [0.25, 0.3) is 45.0 Å². The van der Waals surface area contributed by atoms with Gasteiger partial charge in [-0.25, -0.2) is 44.9 Å². The van der Waals surface area contributed by atoms with Crippen molar-refractivity contribution < 1.29 is 13.2 Å². The Labute approximate surface area is 795 Å². The number of anilines is 15. The summed E-state index contributed by atoms with van der Waals surface area (Å²) in [6.07, 6.45) is 18.5. The molecule has 674 valence electrons. The summed E-state index contributed by atoms with van der Waals surface area (Å²) in [4.78, 5) is 72.6. The largest absolute Gasteiger partial charge is 0.416 e. The summed E-state index contributed by atoms with van der Waals surface area (Å²) in [6, 6.07) is 32.1. The number of halogens is 6. The van der Waals surface area contributed by atoms with Crippen LogP contribution in [0.4, 0.5) is 99.7 Å². The maximum atomic E-state index is 13.3. The van der Waals surface area contributed by atoms with Crippen LogP contribution in [0, 0.1) is 20.8 Å². The normalized spacial score (nSPS) is 16.9. The number of pyridine rings is 4. The highest BCUT2D eigenvalue weighted by Gasteiger charge is 2.34. The molecule has 8 aliphatic rings. The first-order chi connectivity index (χ1) is 63.2. The van der Waals surface area contributed by atoms with Crippen LogP contribution in [0.2, 0.25) is 15.1 Å². The van der Waals surface area contributed by atoms with Crippen LogP contribution < -0.4 is 57.2 Å². The highest BCUT2D eigenvalue weighted by atomic mass is 35.5. The molecule has 8 N–H and O–H groups in total. The maximum Gasteiger partial charge on any atom is 0.416 e. The Kier molecular flexibility index (Phi) is 28.1. The minimum absolute atomic E-state index is 0.281. The molecule has 20 rings (SSSR count). The molecule has 0 saturated carbocycles. The van der Waals surface area contributed by atoms with E-state index in [0.717, 1.165) is 229 Å². The van der Waals surface area contributed by atoms with Gasteiger partial charge in [-0.1, -0.05) is 96.7 Å². The van der Waals surface area contributed by atoms with Crippen molar-refractivity contribution in [3.8, 4) is 45.0 Å². The van der Waals surface area contributed by atoms with Crippen molar-refractivity contribution in [2.45, 2.75) is 118 Å². The van der Waals surface area contributed by atoms with Crippen LogP contribution in [-0.4, -0.2) is 192 Å². The van der Waals surface area contributed by atoms with Crippen molar-refractivity contribution in [3.05, 3.63) is 218 Å². The number of likely N-dealkylation sites (N-methyl/N-ethyl adjacent to an activating group) is 2. The lowest BCUT2D eigenvalue weighted by Gasteiger charge is -2.45. The van der Waals surface area contributed by atoms with E-state index in [4.69, 9.17) is 98.6 Å². The second kappa shape index (κ2) is 40.3. The van der Waals surface area contributed by atoms with Crippen LogP contribution >= 0.6 is 83.7 Å². The van der Waals surface area contributed by atoms with Gasteiger partial charge in [-0.3, -0.25) is 19.9 Å². The van der Waals surface area contributed by atoms with Gasteiger partial charge in [-0.15, -0.1) is 0 Å². The van der Waals surface area contributed by atoms with E-state index < -0.39 is 11.7 Å². The van der Waals surface area contributed by atoms with Crippen molar-refractivity contribution in [3.63, 3.8) is 0 Å². The third-order valence-electron chi connectivity index (χ3n) is 24.3. The minimum Gasteiger partial charge on any atom is -0.368 e. The standard InChI is InChI=1S/C26H30ClN7S.C24H25ClN6S.C24H24F3N7S.C21H19ClN6S/c1-5-34-15(2)13-33(14-16(34)3)20-10-22(17(4)28-12-20)31-26-29-11-18-8-24(35)30-23-9-19(27)6-7-21(23)25(18)32-26;1-15-20(10-16(13-26-15)6-9-31-7-2-3-8-31)29-24-27-14-17-11-22(32)28-21-12-18(25)4-5-19(21)23(17)30-24;1-14-19(11-17(13-28-14)34-7-5-33(2)6-8-34)31-23-29-12-15-9-21(35)30-20-10-16(24(25,26)27)3-4-18(20)22(15)32-23;22-14-3-5-16-17(10-14)26-19(29)9-13-11-24-21(27-20(13)16)25-15-4-6-18(23-12-15)28-7-1-2-8-28/h6-7,9-12,15-16H,5,8,13-14H2,1-4H3,(H,30,35)(H,29,31,32);4-5,10,12-14H,2-3,6-9,11H2,1H3,(H,28,32)(H,27,29,30);3-4,10-13H,5-9H2,1-2H3,(H,30,35)(H,29,31,32);3-6,10-12H,1-2,7-9H2,(H,26,29)(H,24,25,27)/t15-,16+;;;. The van der Waals surface area contributed by atoms with E-state index in [1.54, 1.807) is 6.20 Å². The fourth-order valence-corrected chi connectivity index (χ4v) is 19.0. The highest BCUT2D eigenvalue weighted by Crippen LogP contribution is 2.43. The molecular formula is C95H98Cl3F3N26S4. The molecule has 131 heavy (non-hydrogen) atoms. The van der Waals surface area contributed by atoms with Crippen molar-refractivity contribution in [1.29, 1.82) is 0 Å². The molecule has 0 bridgehead atoms. The van der Waals surface area contributed by atoms with Crippen LogP contribution in [0.5, 0.6) is 0 Å². The number of aromatic nitrogens is 12. The average Bonchev–Trinajstić information content (AvgIpc) is 1.40. The molecular weight excluding hydrogens is 1800 g/mol. The summed E-state index contributed by atoms with van der Waals surface area (Å²) in [5.41, 5.74) is 21.7. The molecule has 0 radical (unpaired) electrons. The number of nitrogens with one attached hydrogen (secondary N) is 8. The van der Waals surface area contributed by atoms with Gasteiger partial charge in [0.2, 0.25) is 23.8 Å². The van der Waals surface area contributed by atoms with Gasteiger partial charge >= 0.3 is 6.18 Å². The first-order valence-corrected chi connectivity index (χ1v) is 46.6. The van der Waals surface area contributed by atoms with Gasteiger partial charge in [0.25, 0.3) is 0 Å². The van der Waals surface area contributed by atoms with E-state index >= 15 is 0 Å². The maximum absolute atomic E-state index is 13.3. The second-order valence-electron chi connectivity index (χ2n) is 33.7. The summed E-state index contributed by atoms with van der Waals surface area (Å²) in [7, 11) is 2.11. The van der Waals surface area contributed by atoms with Crippen LogP contribution in [0.15, 0.2) is 153 Å². The van der Waals surface area contributed by atoms with E-state index in [1.807, 2.05) is 137 Å². The van der Waals surface area contributed by atoms with Crippen molar-refractivity contribution >= 4 is 190 Å². The Morgan fingerprint density at radius 2 is 0.817 bits per heavy atom. The number of alkyl halides is 3. The number of nitrogens with zero attached hydrogens (tertiary/aromatic N) is 18. The molecule has 16 heterocycles. The van der Waals surface area contributed by atoms with Gasteiger partial charge in [-0.2, -0.15) is 13.2 Å². The first kappa shape index (κ1) is 91.4. The van der Waals surface area contributed by atoms with E-state index in [1.165, 1.54) is 50.4 Å². The van der Waals surface area contributed by atoms with E-state index in [-0.39, 0.29) is 5.69 Å². The van der Waals surface area contributed by atoms with Gasteiger partial charge in [0.1, 0.15) is 5.82 Å². The number of hydrogen-bond donors (Lipinski definition) is 8. The number of aryl methyl sites for hydroxylation is 3. The number of benzene rings is 4. The minimum atomic E-state index is -4.45. The summed E-state index contributed by atoms with van der Waals surface area (Å²) < 4.78 is 39.8. The van der Waals surface area contributed by atoms with Crippen LogP contribution in [-0.2, 0) is 38.3 Å². The Balaban J connectivity index is 0.000000122. The van der Waals surface area contributed by atoms with E-state index in [2.05, 4.69) is 157 Å². The first-order valence-electron chi connectivity index (χ1n) is 43.8. The van der Waals surface area contributed by atoms with Crippen molar-refractivity contribution in [2.75, 3.05) is 143 Å². The molecule has 0 spiro atoms. The molecule has 36 heteroatoms. The molecule has 4 fully saturated rings. The zero-order valence-corrected chi connectivity index (χ0v) is 78.9. The predicted octanol–water partition coefficient (Wildman–Crippen LogP) is 20.1. The lowest BCUT2D eigenvalue weighted by molar-refractivity contribution is -0.137. The van der Waals surface area contributed by atoms with Gasteiger partial charge in [0.05, 0.1) is 118 Å². The Bertz CT molecular complexity index is 6320. The monoisotopic (exact) mass is 1890 g/mol. The topological polar surface area (TPSA) is 270 Å². The molecule has 0 unspecified atom stereocenters. The van der Waals surface area contributed by atoms with E-state index in [9.17, 15) is 13.2 Å². The molecule has 4 aromatic carbocycles. The van der Waals surface area contributed by atoms with Crippen molar-refractivity contribution in [2.24, 2.45) is 0 Å². The lowest BCUT2D eigenvalue weighted by atomic mass is 10.0. The van der Waals surface area contributed by atoms with Crippen molar-refractivity contribution in [1.82, 2.24) is 74.5 Å². The zero-order valence-electron chi connectivity index (χ0n) is 73.4. The second-order valence-corrected chi connectivity index (χ2v) is 37.0. The number of rotatable bonds is 15. The fraction of sp³-hybridized carbons (Fsp3) is 0.326. The predicted molar refractivity (Wildman–Crippen MR) is 538 cm³/mol. The molecule has 0 aliphatic carbocycles. The van der Waals surface area contributed by atoms with Gasteiger partial charge in [-0.05, 0) is 196 Å². The van der Waals surface area contributed by atoms with Gasteiger partial charge < -0.3 is 67.0 Å². The summed E-state index contributed by atoms with van der Waals surface area (Å²) in [5.74, 6) is 2.94. The number of fused-ring (bicyclic) bond motifs is 12. The smallest absolute Gasteiger partial charge is 0.368 e. The molecule has 4 saturated heterocycles. The Hall–Kier alpha value is -11.5. The lowest BCUT2D eigenvalue weighted by Crippen LogP contribution is -2.56. The molecule has 8 aromatic heterocycles. The molecule has 8 aliphatic heterocycles. The molecule has 0 amide bonds. The number of hydrogen-bond acceptors (Lipinski definition) is 26. The summed E-state index contributed by atoms with van der Waals surface area (Å²) >= 11 is 40.4. The van der Waals surface area contributed by atoms with Gasteiger partial charge in [0, 0.05) is 210 Å². The quantitative estimate of drug-likeness (QED) is 0.0443. The highest BCUT2D eigenvalue weighted by molar-refractivity contribution is 7.81. The molecule has 2 atom stereocenters. The number of likely N-dealkylation sites (tertiary alicyclic amines) is 1. The van der Waals surface area contributed by atoms with Crippen LogP contribution in [0.3, 0.4) is 0 Å². The summed E-state index contributed by atoms with van der Waals surface area (Å²) in [5, 5.41) is 28.0. The number of thiocarbonyl (C=S) groups is 4. The Morgan fingerprint density at radius 3 is 1.24 bits per heavy atom. The SMILES string of the molecule is CCN1[C@H](C)CN(c2cnc(C)c(Nc3ncc4c(n3)-c3ccc(Cl)cc3NC(=S)C4)c2)C[C@@H]1C.Cc1ncc(CCN2CCCC2)cc1Nc1ncc2c(n1)-c1ccc(Cl)cc1NC(=S)C2.Cc1ncc(N2CCN(C)CC2)cc1Nc1ncc2c(n1)-c1ccc(C(F)(F)F)cc1NC(=S)C2.S=C1Cc2cnc(Nc3ccc(N4CCCC4)nc3)nc2-c2ccc(Cl)cc2N1. The fourth-order valence-electron chi connectivity index (χ4n) is 17.4. The van der Waals surface area contributed by atoms with Crippen LogP contribution in [0.1, 0.15) is 96.9 Å². The third kappa shape index (κ3) is 22.0. The summed E-state index contributed by atoms with van der Waals surface area (Å²) in [6.45, 7) is 25.2. The molecule has 12 aromatic rings. The zero-order chi connectivity index (χ0) is 91.3. The van der Waals surface area contributed by atoms with Gasteiger partial charge in [0.15, 0.2) is 0 Å². The molecule has 26 nitrogen and oxygen atoms in total. The third-order valence-corrected chi connectivity index (χ3v) is 26.0.